The Balaban J connectivity index is 2.86. The lowest BCUT2D eigenvalue weighted by atomic mass is 9.91. The first kappa shape index (κ1) is 12.6. The molecule has 0 aromatic carbocycles. The number of imide groups is 1. The Morgan fingerprint density at radius 3 is 2.33 bits per heavy atom. The van der Waals surface area contributed by atoms with Crippen molar-refractivity contribution < 1.29 is 9.59 Å². The Labute approximate surface area is 96.6 Å². The SMILES string of the molecule is CC(C)CC(C)(C)N1C(=O)CC(S)C1=O. The first-order valence-electron chi connectivity index (χ1n) is 5.30. The summed E-state index contributed by atoms with van der Waals surface area (Å²) in [6.07, 6.45) is 1.06. The summed E-state index contributed by atoms with van der Waals surface area (Å²) in [6, 6.07) is 0. The van der Waals surface area contributed by atoms with Crippen LogP contribution in [0.5, 0.6) is 0 Å². The summed E-state index contributed by atoms with van der Waals surface area (Å²) in [5.74, 6) is 0.221. The molecule has 86 valence electrons. The van der Waals surface area contributed by atoms with Crippen LogP contribution in [-0.4, -0.2) is 27.5 Å². The highest BCUT2D eigenvalue weighted by Crippen LogP contribution is 2.30. The minimum Gasteiger partial charge on any atom is -0.276 e. The topological polar surface area (TPSA) is 37.4 Å². The average molecular weight is 229 g/mol. The normalized spacial score (nSPS) is 23.1. The predicted octanol–water partition coefficient (Wildman–Crippen LogP) is 1.87. The fourth-order valence-electron chi connectivity index (χ4n) is 2.34. The molecule has 1 rings (SSSR count). The molecule has 1 aliphatic rings. The molecule has 0 spiro atoms. The lowest BCUT2D eigenvalue weighted by molar-refractivity contribution is -0.144. The molecule has 0 bridgehead atoms. The number of hydrogen-bond acceptors (Lipinski definition) is 3. The largest absolute Gasteiger partial charge is 0.276 e. The Morgan fingerprint density at radius 2 is 2.00 bits per heavy atom. The third-order valence-corrected chi connectivity index (χ3v) is 3.04. The summed E-state index contributed by atoms with van der Waals surface area (Å²) in [4.78, 5) is 24.8. The maximum atomic E-state index is 11.8. The molecule has 2 amide bonds. The fraction of sp³-hybridized carbons (Fsp3) is 0.818. The molecule has 0 N–H and O–H groups in total. The van der Waals surface area contributed by atoms with Gasteiger partial charge >= 0.3 is 0 Å². The second kappa shape index (κ2) is 4.16. The van der Waals surface area contributed by atoms with Crippen LogP contribution in [0.15, 0.2) is 0 Å². The number of rotatable bonds is 3. The van der Waals surface area contributed by atoms with Crippen molar-refractivity contribution in [2.24, 2.45) is 5.92 Å². The van der Waals surface area contributed by atoms with Crippen molar-refractivity contribution in [1.29, 1.82) is 0 Å². The van der Waals surface area contributed by atoms with Crippen molar-refractivity contribution in [1.82, 2.24) is 4.90 Å². The van der Waals surface area contributed by atoms with Gasteiger partial charge in [-0.3, -0.25) is 14.5 Å². The van der Waals surface area contributed by atoms with Crippen molar-refractivity contribution in [3.63, 3.8) is 0 Å². The molecule has 0 radical (unpaired) electrons. The Bertz CT molecular complexity index is 286. The maximum absolute atomic E-state index is 11.8. The average Bonchev–Trinajstić information content (AvgIpc) is 2.23. The molecule has 0 saturated carbocycles. The van der Waals surface area contributed by atoms with Gasteiger partial charge in [-0.15, -0.1) is 0 Å². The smallest absolute Gasteiger partial charge is 0.243 e. The van der Waals surface area contributed by atoms with Gasteiger partial charge in [0.2, 0.25) is 11.8 Å². The van der Waals surface area contributed by atoms with E-state index in [1.165, 1.54) is 4.90 Å². The zero-order valence-corrected chi connectivity index (χ0v) is 10.7. The van der Waals surface area contributed by atoms with Crippen LogP contribution in [0, 0.1) is 5.92 Å². The zero-order chi connectivity index (χ0) is 11.8. The van der Waals surface area contributed by atoms with Crippen LogP contribution in [0.3, 0.4) is 0 Å². The van der Waals surface area contributed by atoms with Gasteiger partial charge < -0.3 is 0 Å². The second-order valence-electron chi connectivity index (χ2n) is 5.20. The Kier molecular flexibility index (Phi) is 3.48. The van der Waals surface area contributed by atoms with E-state index >= 15 is 0 Å². The lowest BCUT2D eigenvalue weighted by Crippen LogP contribution is -2.48. The molecule has 1 unspecified atom stereocenters. The summed E-state index contributed by atoms with van der Waals surface area (Å²) < 4.78 is 0. The number of thiol groups is 1. The van der Waals surface area contributed by atoms with Gasteiger partial charge in [0.15, 0.2) is 0 Å². The van der Waals surface area contributed by atoms with Crippen LogP contribution in [0.2, 0.25) is 0 Å². The molecule has 0 aromatic heterocycles. The van der Waals surface area contributed by atoms with Crippen molar-refractivity contribution in [2.45, 2.75) is 51.3 Å². The van der Waals surface area contributed by atoms with E-state index in [0.29, 0.717) is 5.92 Å². The summed E-state index contributed by atoms with van der Waals surface area (Å²) >= 11 is 4.12. The molecular formula is C11H19NO2S. The van der Waals surface area contributed by atoms with Gasteiger partial charge in [0.1, 0.15) is 0 Å². The Hall–Kier alpha value is -0.510. The van der Waals surface area contributed by atoms with Crippen LogP contribution in [0.1, 0.15) is 40.5 Å². The van der Waals surface area contributed by atoms with Gasteiger partial charge in [0.25, 0.3) is 0 Å². The van der Waals surface area contributed by atoms with Gasteiger partial charge in [-0.25, -0.2) is 0 Å². The van der Waals surface area contributed by atoms with Crippen LogP contribution in [-0.2, 0) is 9.59 Å². The molecule has 4 heteroatoms. The summed E-state index contributed by atoms with van der Waals surface area (Å²) in [6.45, 7) is 8.05. The first-order chi connectivity index (χ1) is 6.75. The van der Waals surface area contributed by atoms with Gasteiger partial charge in [0.05, 0.1) is 5.25 Å². The van der Waals surface area contributed by atoms with E-state index in [1.54, 1.807) is 0 Å². The lowest BCUT2D eigenvalue weighted by Gasteiger charge is -2.35. The van der Waals surface area contributed by atoms with Crippen LogP contribution in [0.4, 0.5) is 0 Å². The molecule has 1 heterocycles. The number of hydrogen-bond donors (Lipinski definition) is 1. The van der Waals surface area contributed by atoms with Crippen LogP contribution >= 0.6 is 12.6 Å². The highest BCUT2D eigenvalue weighted by atomic mass is 32.1. The number of amides is 2. The number of carbonyl (C=O) groups is 2. The monoisotopic (exact) mass is 229 g/mol. The zero-order valence-electron chi connectivity index (χ0n) is 9.78. The van der Waals surface area contributed by atoms with E-state index in [4.69, 9.17) is 0 Å². The van der Waals surface area contributed by atoms with Gasteiger partial charge in [0, 0.05) is 12.0 Å². The van der Waals surface area contributed by atoms with E-state index in [-0.39, 0.29) is 23.8 Å². The molecule has 0 aliphatic carbocycles. The minimum atomic E-state index is -0.441. The standard InChI is InChI=1S/C11H19NO2S/c1-7(2)6-11(3,4)12-9(13)5-8(15)10(12)14/h7-8,15H,5-6H2,1-4H3. The summed E-state index contributed by atoms with van der Waals surface area (Å²) in [5.41, 5.74) is -0.389. The van der Waals surface area contributed by atoms with E-state index in [1.807, 2.05) is 13.8 Å². The van der Waals surface area contributed by atoms with Crippen LogP contribution in [0.25, 0.3) is 0 Å². The third-order valence-electron chi connectivity index (χ3n) is 2.64. The van der Waals surface area contributed by atoms with E-state index in [9.17, 15) is 9.59 Å². The number of nitrogens with zero attached hydrogens (tertiary/aromatic N) is 1. The van der Waals surface area contributed by atoms with E-state index in [2.05, 4.69) is 26.5 Å². The third kappa shape index (κ3) is 2.54. The highest BCUT2D eigenvalue weighted by Gasteiger charge is 2.44. The maximum Gasteiger partial charge on any atom is 0.243 e. The highest BCUT2D eigenvalue weighted by molar-refractivity contribution is 7.81. The molecule has 1 saturated heterocycles. The molecule has 15 heavy (non-hydrogen) atoms. The molecule has 1 atom stereocenters. The molecule has 3 nitrogen and oxygen atoms in total. The van der Waals surface area contributed by atoms with Gasteiger partial charge in [-0.05, 0) is 26.2 Å². The quantitative estimate of drug-likeness (QED) is 0.592. The first-order valence-corrected chi connectivity index (χ1v) is 5.82. The molecule has 1 fully saturated rings. The molecule has 1 aliphatic heterocycles. The van der Waals surface area contributed by atoms with Crippen molar-refractivity contribution in [3.05, 3.63) is 0 Å². The molecular weight excluding hydrogens is 210 g/mol. The van der Waals surface area contributed by atoms with Gasteiger partial charge in [-0.2, -0.15) is 12.6 Å². The predicted molar refractivity (Wildman–Crippen MR) is 62.8 cm³/mol. The van der Waals surface area contributed by atoms with Crippen LogP contribution < -0.4 is 0 Å². The van der Waals surface area contributed by atoms with E-state index < -0.39 is 5.25 Å². The van der Waals surface area contributed by atoms with Gasteiger partial charge in [-0.1, -0.05) is 13.8 Å². The number of carbonyl (C=O) groups excluding carboxylic acids is 2. The van der Waals surface area contributed by atoms with Crippen molar-refractivity contribution in [3.8, 4) is 0 Å². The van der Waals surface area contributed by atoms with E-state index in [0.717, 1.165) is 6.42 Å². The van der Waals surface area contributed by atoms with Crippen molar-refractivity contribution >= 4 is 24.4 Å². The summed E-state index contributed by atoms with van der Waals surface area (Å²) in [7, 11) is 0. The van der Waals surface area contributed by atoms with Crippen molar-refractivity contribution in [2.75, 3.05) is 0 Å². The summed E-state index contributed by atoms with van der Waals surface area (Å²) in [5, 5.41) is -0.441. The molecule has 0 aromatic rings. The minimum absolute atomic E-state index is 0.0920. The Morgan fingerprint density at radius 1 is 1.47 bits per heavy atom. The second-order valence-corrected chi connectivity index (χ2v) is 5.82. The fourth-order valence-corrected chi connectivity index (χ4v) is 2.61. The number of likely N-dealkylation sites (tertiary alicyclic amines) is 1.